The Morgan fingerprint density at radius 2 is 2.09 bits per heavy atom. The second kappa shape index (κ2) is 7.48. The van der Waals surface area contributed by atoms with Gasteiger partial charge in [0, 0.05) is 7.05 Å². The number of carbonyl (C=O) groups is 1. The van der Waals surface area contributed by atoms with Crippen LogP contribution in [0.1, 0.15) is 12.7 Å². The van der Waals surface area contributed by atoms with Crippen LogP contribution in [0.25, 0.3) is 0 Å². The number of carbonyl (C=O) groups excluding carboxylic acids is 1. The molecule has 0 radical (unpaired) electrons. The molecule has 0 bridgehead atoms. The van der Waals surface area contributed by atoms with Gasteiger partial charge in [0.15, 0.2) is 0 Å². The van der Waals surface area contributed by atoms with E-state index >= 15 is 0 Å². The minimum Gasteiger partial charge on any atom is -0.491 e. The lowest BCUT2D eigenvalue weighted by atomic mass is 10.0. The summed E-state index contributed by atoms with van der Waals surface area (Å²) in [4.78, 5) is 16.3. The van der Waals surface area contributed by atoms with Crippen molar-refractivity contribution in [3.05, 3.63) is 47.5 Å². The number of aromatic nitrogens is 2. The summed E-state index contributed by atoms with van der Waals surface area (Å²) in [6.45, 7) is 2.21. The zero-order chi connectivity index (χ0) is 16.9. The number of para-hydroxylation sites is 1. The smallest absolute Gasteiger partial charge is 0.329 e. The van der Waals surface area contributed by atoms with Crippen molar-refractivity contribution in [3.63, 3.8) is 0 Å². The lowest BCUT2D eigenvalue weighted by Crippen LogP contribution is -2.54. The Bertz CT molecular complexity index is 660. The molecule has 124 valence electrons. The van der Waals surface area contributed by atoms with Crippen LogP contribution in [0.2, 0.25) is 5.15 Å². The molecule has 6 nitrogen and oxygen atoms in total. The number of benzene rings is 1. The molecule has 0 aliphatic heterocycles. The van der Waals surface area contributed by atoms with Gasteiger partial charge < -0.3 is 14.0 Å². The van der Waals surface area contributed by atoms with Crippen molar-refractivity contribution >= 4 is 17.6 Å². The van der Waals surface area contributed by atoms with Gasteiger partial charge in [0.25, 0.3) is 0 Å². The SMILES string of the molecule is COC(=O)C(C)(COc1ccccc1)NCc1ncc(Cl)n1C. The number of nitrogens with zero attached hydrogens (tertiary/aromatic N) is 2. The summed E-state index contributed by atoms with van der Waals surface area (Å²) >= 11 is 5.97. The maximum atomic E-state index is 12.1. The standard InChI is InChI=1S/C16H20ClN3O3/c1-16(15(21)22-3,11-23-12-7-5-4-6-8-12)19-10-14-18-9-13(17)20(14)2/h4-9,19H,10-11H2,1-3H3. The molecule has 1 aromatic carbocycles. The molecular formula is C16H20ClN3O3. The fourth-order valence-corrected chi connectivity index (χ4v) is 2.16. The molecule has 1 unspecified atom stereocenters. The largest absolute Gasteiger partial charge is 0.491 e. The minimum atomic E-state index is -1.01. The Morgan fingerprint density at radius 1 is 1.39 bits per heavy atom. The van der Waals surface area contributed by atoms with Crippen molar-refractivity contribution in [2.24, 2.45) is 7.05 Å². The monoisotopic (exact) mass is 337 g/mol. The van der Waals surface area contributed by atoms with Gasteiger partial charge in [0.05, 0.1) is 19.9 Å². The van der Waals surface area contributed by atoms with E-state index in [2.05, 4.69) is 10.3 Å². The molecule has 2 rings (SSSR count). The van der Waals surface area contributed by atoms with Crippen LogP contribution in [0.3, 0.4) is 0 Å². The number of hydrogen-bond donors (Lipinski definition) is 1. The zero-order valence-electron chi connectivity index (χ0n) is 13.4. The topological polar surface area (TPSA) is 65.4 Å². The van der Waals surface area contributed by atoms with Crippen LogP contribution < -0.4 is 10.1 Å². The van der Waals surface area contributed by atoms with Gasteiger partial charge in [-0.05, 0) is 19.1 Å². The van der Waals surface area contributed by atoms with Crippen LogP contribution >= 0.6 is 11.6 Å². The molecule has 0 aliphatic carbocycles. The summed E-state index contributed by atoms with van der Waals surface area (Å²) < 4.78 is 12.3. The highest BCUT2D eigenvalue weighted by molar-refractivity contribution is 6.29. The third kappa shape index (κ3) is 4.24. The minimum absolute atomic E-state index is 0.127. The maximum Gasteiger partial charge on any atom is 0.329 e. The van der Waals surface area contributed by atoms with Crippen molar-refractivity contribution in [3.8, 4) is 5.75 Å². The molecule has 1 aromatic heterocycles. The van der Waals surface area contributed by atoms with Gasteiger partial charge in [-0.25, -0.2) is 9.78 Å². The van der Waals surface area contributed by atoms with Crippen LogP contribution in [-0.2, 0) is 23.1 Å². The number of imidazole rings is 1. The lowest BCUT2D eigenvalue weighted by Gasteiger charge is -2.27. The zero-order valence-corrected chi connectivity index (χ0v) is 14.1. The van der Waals surface area contributed by atoms with Gasteiger partial charge in [0.1, 0.15) is 28.9 Å². The van der Waals surface area contributed by atoms with Gasteiger partial charge in [-0.2, -0.15) is 0 Å². The molecule has 7 heteroatoms. The first-order valence-corrected chi connectivity index (χ1v) is 7.51. The number of methoxy groups -OCH3 is 1. The predicted molar refractivity (Wildman–Crippen MR) is 87.4 cm³/mol. The van der Waals surface area contributed by atoms with E-state index in [0.29, 0.717) is 23.3 Å². The highest BCUT2D eigenvalue weighted by Crippen LogP contribution is 2.15. The van der Waals surface area contributed by atoms with E-state index in [-0.39, 0.29) is 6.61 Å². The van der Waals surface area contributed by atoms with E-state index < -0.39 is 11.5 Å². The van der Waals surface area contributed by atoms with Crippen LogP contribution in [0.4, 0.5) is 0 Å². The Labute approximate surface area is 140 Å². The van der Waals surface area contributed by atoms with Crippen molar-refractivity contribution in [1.29, 1.82) is 0 Å². The third-order valence-electron chi connectivity index (χ3n) is 3.57. The Balaban J connectivity index is 2.05. The van der Waals surface area contributed by atoms with Crippen LogP contribution in [0.5, 0.6) is 5.75 Å². The Morgan fingerprint density at radius 3 is 2.65 bits per heavy atom. The molecule has 0 fully saturated rings. The van der Waals surface area contributed by atoms with E-state index in [0.717, 1.165) is 0 Å². The van der Waals surface area contributed by atoms with Crippen molar-refractivity contribution in [2.75, 3.05) is 13.7 Å². The average Bonchev–Trinajstić information content (AvgIpc) is 2.90. The van der Waals surface area contributed by atoms with Gasteiger partial charge >= 0.3 is 5.97 Å². The van der Waals surface area contributed by atoms with E-state index in [4.69, 9.17) is 21.1 Å². The number of rotatable bonds is 7. The first-order valence-electron chi connectivity index (χ1n) is 7.13. The first-order chi connectivity index (χ1) is 11.0. The van der Waals surface area contributed by atoms with E-state index in [1.165, 1.54) is 7.11 Å². The normalized spacial score (nSPS) is 13.4. The summed E-state index contributed by atoms with van der Waals surface area (Å²) in [7, 11) is 3.16. The summed E-state index contributed by atoms with van der Waals surface area (Å²) in [6.07, 6.45) is 1.56. The van der Waals surface area contributed by atoms with Crippen molar-refractivity contribution < 1.29 is 14.3 Å². The molecule has 0 amide bonds. The second-order valence-electron chi connectivity index (χ2n) is 5.34. The molecule has 2 aromatic rings. The van der Waals surface area contributed by atoms with E-state index in [9.17, 15) is 4.79 Å². The van der Waals surface area contributed by atoms with Gasteiger partial charge in [0.2, 0.25) is 0 Å². The first kappa shape index (κ1) is 17.3. The van der Waals surface area contributed by atoms with E-state index in [1.54, 1.807) is 17.7 Å². The average molecular weight is 338 g/mol. The Kier molecular flexibility index (Phi) is 5.63. The highest BCUT2D eigenvalue weighted by atomic mass is 35.5. The second-order valence-corrected chi connectivity index (χ2v) is 5.72. The molecule has 1 N–H and O–H groups in total. The number of nitrogens with one attached hydrogen (secondary N) is 1. The molecule has 1 atom stereocenters. The summed E-state index contributed by atoms with van der Waals surface area (Å²) in [6, 6.07) is 9.30. The molecule has 0 saturated heterocycles. The molecule has 0 aliphatic rings. The van der Waals surface area contributed by atoms with Gasteiger partial charge in [-0.15, -0.1) is 0 Å². The van der Waals surface area contributed by atoms with Crippen LogP contribution in [-0.4, -0.2) is 34.8 Å². The summed E-state index contributed by atoms with van der Waals surface area (Å²) in [5.41, 5.74) is -1.01. The summed E-state index contributed by atoms with van der Waals surface area (Å²) in [5.74, 6) is 0.989. The molecule has 0 spiro atoms. The maximum absolute atomic E-state index is 12.1. The number of esters is 1. The molecular weight excluding hydrogens is 318 g/mol. The van der Waals surface area contributed by atoms with Crippen molar-refractivity contribution in [2.45, 2.75) is 19.0 Å². The highest BCUT2D eigenvalue weighted by Gasteiger charge is 2.35. The van der Waals surface area contributed by atoms with Gasteiger partial charge in [-0.3, -0.25) is 5.32 Å². The fraction of sp³-hybridized carbons (Fsp3) is 0.375. The number of halogens is 1. The number of ether oxygens (including phenoxy) is 2. The van der Waals surface area contributed by atoms with Gasteiger partial charge in [-0.1, -0.05) is 29.8 Å². The molecule has 1 heterocycles. The predicted octanol–water partition coefficient (Wildman–Crippen LogP) is 2.17. The molecule has 23 heavy (non-hydrogen) atoms. The number of hydrogen-bond acceptors (Lipinski definition) is 5. The quantitative estimate of drug-likeness (QED) is 0.784. The van der Waals surface area contributed by atoms with Crippen LogP contribution in [0.15, 0.2) is 36.5 Å². The van der Waals surface area contributed by atoms with Crippen molar-refractivity contribution in [1.82, 2.24) is 14.9 Å². The Hall–Kier alpha value is -2.05. The third-order valence-corrected chi connectivity index (χ3v) is 3.92. The fourth-order valence-electron chi connectivity index (χ4n) is 2.01. The molecule has 0 saturated carbocycles. The lowest BCUT2D eigenvalue weighted by molar-refractivity contribution is -0.149. The summed E-state index contributed by atoms with van der Waals surface area (Å²) in [5, 5.41) is 3.68. The van der Waals surface area contributed by atoms with Crippen LogP contribution in [0, 0.1) is 0 Å². The van der Waals surface area contributed by atoms with E-state index in [1.807, 2.05) is 37.4 Å².